The highest BCUT2D eigenvalue weighted by Gasteiger charge is 2.20. The number of aromatic nitrogens is 8. The monoisotopic (exact) mass is 757 g/mol. The molecule has 0 radical (unpaired) electrons. The van der Waals surface area contributed by atoms with E-state index in [9.17, 15) is 0 Å². The van der Waals surface area contributed by atoms with Crippen LogP contribution in [0.3, 0.4) is 0 Å². The van der Waals surface area contributed by atoms with Gasteiger partial charge >= 0.3 is 0 Å². The first-order valence-electron chi connectivity index (χ1n) is 19.2. The number of likely N-dealkylation sites (N-methyl/N-ethyl adjacent to an activating group) is 2. The molecular formula is C41H48ClN13. The van der Waals surface area contributed by atoms with E-state index >= 15 is 0 Å². The van der Waals surface area contributed by atoms with Crippen molar-refractivity contribution in [1.82, 2.24) is 48.5 Å². The lowest BCUT2D eigenvalue weighted by molar-refractivity contribution is 0.360. The van der Waals surface area contributed by atoms with Gasteiger partial charge in [0.2, 0.25) is 0 Å². The van der Waals surface area contributed by atoms with Gasteiger partial charge in [0.15, 0.2) is 27.7 Å². The van der Waals surface area contributed by atoms with Crippen LogP contribution in [-0.4, -0.2) is 122 Å². The van der Waals surface area contributed by atoms with Crippen molar-refractivity contribution in [2.75, 3.05) is 83.3 Å². The Kier molecular flexibility index (Phi) is 10.6. The summed E-state index contributed by atoms with van der Waals surface area (Å²) in [6.07, 6.45) is 3.15. The predicted octanol–water partition coefficient (Wildman–Crippen LogP) is 5.94. The van der Waals surface area contributed by atoms with Gasteiger partial charge in [0.1, 0.15) is 22.7 Å². The average Bonchev–Trinajstić information content (AvgIpc) is 3.64. The Bertz CT molecular complexity index is 2620. The molecule has 14 heteroatoms. The van der Waals surface area contributed by atoms with Gasteiger partial charge in [0, 0.05) is 39.3 Å². The number of halogens is 1. The Balaban J connectivity index is 0.000000149. The number of benzene rings is 2. The van der Waals surface area contributed by atoms with Crippen LogP contribution in [0.25, 0.3) is 55.7 Å². The number of fused-ring (bicyclic) bond motifs is 10. The number of nitrogens with two attached hydrogens (primary N) is 1. The van der Waals surface area contributed by atoms with Crippen molar-refractivity contribution in [3.05, 3.63) is 83.6 Å². The zero-order chi connectivity index (χ0) is 38.1. The van der Waals surface area contributed by atoms with Gasteiger partial charge in [0.25, 0.3) is 0 Å². The van der Waals surface area contributed by atoms with Crippen molar-refractivity contribution >= 4 is 78.9 Å². The molecule has 6 aromatic heterocycles. The van der Waals surface area contributed by atoms with E-state index in [1.807, 2.05) is 46.9 Å². The Morgan fingerprint density at radius 3 is 1.55 bits per heavy atom. The van der Waals surface area contributed by atoms with Crippen LogP contribution in [-0.2, 0) is 6.42 Å². The number of para-hydroxylation sites is 4. The summed E-state index contributed by atoms with van der Waals surface area (Å²) in [6, 6.07) is 24.5. The molecule has 0 saturated carbocycles. The highest BCUT2D eigenvalue weighted by Crippen LogP contribution is 2.28. The van der Waals surface area contributed by atoms with Crippen molar-refractivity contribution in [1.29, 1.82) is 0 Å². The minimum atomic E-state index is 0.402. The first-order chi connectivity index (χ1) is 26.9. The number of nitrogens with zero attached hydrogens (tertiary/aromatic N) is 12. The number of hydrogen-bond acceptors (Lipinski definition) is 11. The number of aryl methyl sites for hydroxylation is 1. The van der Waals surface area contributed by atoms with E-state index in [-0.39, 0.29) is 0 Å². The summed E-state index contributed by atoms with van der Waals surface area (Å²) < 4.78 is 4.21. The molecular weight excluding hydrogens is 710 g/mol. The van der Waals surface area contributed by atoms with E-state index in [0.717, 1.165) is 139 Å². The fraction of sp³-hybridized carbons (Fsp3) is 0.366. The summed E-state index contributed by atoms with van der Waals surface area (Å²) in [4.78, 5) is 38.4. The molecule has 0 atom stereocenters. The Hall–Kier alpha value is -5.21. The minimum absolute atomic E-state index is 0.402. The second-order valence-corrected chi connectivity index (χ2v) is 14.5. The van der Waals surface area contributed by atoms with Crippen LogP contribution in [0.15, 0.2) is 72.8 Å². The lowest BCUT2D eigenvalue weighted by Gasteiger charge is -2.22. The average molecular weight is 758 g/mol. The molecule has 10 rings (SSSR count). The van der Waals surface area contributed by atoms with Crippen molar-refractivity contribution in [2.45, 2.75) is 26.2 Å². The molecule has 2 fully saturated rings. The summed E-state index contributed by atoms with van der Waals surface area (Å²) in [5.74, 6) is 2.01. The molecule has 0 aliphatic carbocycles. The molecule has 2 aromatic carbocycles. The lowest BCUT2D eigenvalue weighted by atomic mass is 10.3. The van der Waals surface area contributed by atoms with Crippen LogP contribution < -0.4 is 15.5 Å². The van der Waals surface area contributed by atoms with E-state index in [1.165, 1.54) is 7.05 Å². The molecule has 0 bridgehead atoms. The van der Waals surface area contributed by atoms with Gasteiger partial charge < -0.3 is 25.3 Å². The Labute approximate surface area is 325 Å². The minimum Gasteiger partial charge on any atom is -0.355 e. The van der Waals surface area contributed by atoms with Gasteiger partial charge in [-0.1, -0.05) is 42.8 Å². The molecule has 0 amide bonds. The number of imidazole rings is 2. The van der Waals surface area contributed by atoms with Crippen LogP contribution in [0, 0.1) is 0 Å². The highest BCUT2D eigenvalue weighted by molar-refractivity contribution is 6.33. The van der Waals surface area contributed by atoms with E-state index in [4.69, 9.17) is 31.5 Å². The van der Waals surface area contributed by atoms with Gasteiger partial charge in [-0.3, -0.25) is 8.80 Å². The van der Waals surface area contributed by atoms with Crippen molar-refractivity contribution in [2.24, 2.45) is 5.73 Å². The zero-order valence-electron chi connectivity index (χ0n) is 32.0. The smallest absolute Gasteiger partial charge is 0.177 e. The van der Waals surface area contributed by atoms with Crippen LogP contribution in [0.1, 0.15) is 25.5 Å². The van der Waals surface area contributed by atoms with Gasteiger partial charge in [-0.2, -0.15) is 0 Å². The second kappa shape index (κ2) is 15.9. The Morgan fingerprint density at radius 1 is 0.509 bits per heavy atom. The fourth-order valence-corrected chi connectivity index (χ4v) is 7.89. The third-order valence-corrected chi connectivity index (χ3v) is 10.8. The summed E-state index contributed by atoms with van der Waals surface area (Å²) in [5, 5.41) is 0.402. The molecule has 8 heterocycles. The van der Waals surface area contributed by atoms with Crippen LogP contribution in [0.5, 0.6) is 0 Å². The van der Waals surface area contributed by atoms with Gasteiger partial charge in [-0.05, 0) is 102 Å². The number of pyridine rings is 2. The lowest BCUT2D eigenvalue weighted by Crippen LogP contribution is -2.29. The first kappa shape index (κ1) is 36.8. The molecule has 284 valence electrons. The quantitative estimate of drug-likeness (QED) is 0.231. The maximum Gasteiger partial charge on any atom is 0.177 e. The second-order valence-electron chi connectivity index (χ2n) is 14.1. The number of rotatable bonds is 3. The van der Waals surface area contributed by atoms with Crippen LogP contribution >= 0.6 is 11.6 Å². The standard InChI is InChI=1S/C21H24N6.C19H19ClN6.CH5N/c1-3-15-20-23-16-7-4-5-8-18(16)27(20)21-17(22-15)9-10-19(24-21)26-12-6-11-25(2)13-14-26;1-24-9-4-10-25(12-11-24)16-8-7-14-18(23-16)26-15-6-3-2-5-13(15)22-19(26)17(20)21-14;1-2/h4-5,7-10H,3,6,11-14H2,1-2H3;2-3,5-8H,4,9-12H2,1H3;2H2,1H3. The summed E-state index contributed by atoms with van der Waals surface area (Å²) in [5.41, 5.74) is 14.5. The SMILES string of the molecule is CCc1nc2ccc(N3CCCN(C)CC3)nc2n2c1nc1ccccc12.CN.CN1CCCN(c2ccc3nc(Cl)c4nc5ccccc5n4c3n2)CC1. The number of hydrogen-bond donors (Lipinski definition) is 1. The molecule has 2 aliphatic rings. The normalized spacial score (nSPS) is 16.0. The zero-order valence-corrected chi connectivity index (χ0v) is 32.8. The molecule has 2 N–H and O–H groups in total. The molecule has 55 heavy (non-hydrogen) atoms. The Morgan fingerprint density at radius 2 is 1.00 bits per heavy atom. The first-order valence-corrected chi connectivity index (χ1v) is 19.6. The third-order valence-electron chi connectivity index (χ3n) is 10.6. The van der Waals surface area contributed by atoms with E-state index in [1.54, 1.807) is 0 Å². The predicted molar refractivity (Wildman–Crippen MR) is 225 cm³/mol. The molecule has 13 nitrogen and oxygen atoms in total. The maximum absolute atomic E-state index is 6.40. The fourth-order valence-electron chi connectivity index (χ4n) is 7.67. The van der Waals surface area contributed by atoms with E-state index in [0.29, 0.717) is 10.8 Å². The van der Waals surface area contributed by atoms with Crippen molar-refractivity contribution < 1.29 is 0 Å². The summed E-state index contributed by atoms with van der Waals surface area (Å²) in [6.45, 7) is 10.5. The van der Waals surface area contributed by atoms with E-state index in [2.05, 4.69) is 91.1 Å². The molecule has 0 spiro atoms. The van der Waals surface area contributed by atoms with Crippen LogP contribution in [0.2, 0.25) is 5.15 Å². The largest absolute Gasteiger partial charge is 0.355 e. The maximum atomic E-state index is 6.40. The van der Waals surface area contributed by atoms with Crippen molar-refractivity contribution in [3.8, 4) is 0 Å². The van der Waals surface area contributed by atoms with Gasteiger partial charge in [-0.25, -0.2) is 29.9 Å². The van der Waals surface area contributed by atoms with Gasteiger partial charge in [-0.15, -0.1) is 0 Å². The molecule has 2 saturated heterocycles. The summed E-state index contributed by atoms with van der Waals surface area (Å²) in [7, 11) is 5.86. The van der Waals surface area contributed by atoms with Crippen molar-refractivity contribution in [3.63, 3.8) is 0 Å². The number of anilines is 2. The highest BCUT2D eigenvalue weighted by atomic mass is 35.5. The third kappa shape index (κ3) is 7.08. The van der Waals surface area contributed by atoms with E-state index < -0.39 is 0 Å². The molecule has 2 aliphatic heterocycles. The molecule has 8 aromatic rings. The van der Waals surface area contributed by atoms with Gasteiger partial charge in [0.05, 0.1) is 27.8 Å². The topological polar surface area (TPSA) is 125 Å². The van der Waals surface area contributed by atoms with Crippen LogP contribution in [0.4, 0.5) is 11.6 Å². The summed E-state index contributed by atoms with van der Waals surface area (Å²) >= 11 is 6.40. The molecule has 0 unspecified atom stereocenters.